The van der Waals surface area contributed by atoms with Crippen molar-refractivity contribution in [3.63, 3.8) is 0 Å². The number of hydrogen-bond donors (Lipinski definition) is 3. The van der Waals surface area contributed by atoms with E-state index >= 15 is 0 Å². The number of rotatable bonds is 4. The Labute approximate surface area is 144 Å². The molecular weight excluding hydrogens is 381 g/mol. The first-order valence-corrected chi connectivity index (χ1v) is 6.88. The fourth-order valence-corrected chi connectivity index (χ4v) is 1.64. The van der Waals surface area contributed by atoms with Crippen LogP contribution in [0.3, 0.4) is 0 Å². The van der Waals surface area contributed by atoms with Crippen LogP contribution in [0.2, 0.25) is 0 Å². The highest BCUT2D eigenvalue weighted by Gasteiger charge is 2.27. The van der Waals surface area contributed by atoms with Crippen LogP contribution in [-0.2, 0) is 5.60 Å². The summed E-state index contributed by atoms with van der Waals surface area (Å²) in [7, 11) is 1.71. The highest BCUT2D eigenvalue weighted by atomic mass is 127. The fourth-order valence-electron chi connectivity index (χ4n) is 1.64. The maximum absolute atomic E-state index is 10.4. The van der Waals surface area contributed by atoms with E-state index in [4.69, 9.17) is 4.42 Å². The standard InChI is InChI=1S/C15H27N3O2.HI/c1-11-7-8-12(20-11)15(5,19)10-18-13(16-6)17-9-14(2,3)4;/h7-8,19H,9-10H2,1-6H3,(H2,16,17,18);1H. The van der Waals surface area contributed by atoms with Crippen LogP contribution >= 0.6 is 24.0 Å². The fraction of sp³-hybridized carbons (Fsp3) is 0.667. The maximum atomic E-state index is 10.4. The number of halogens is 1. The lowest BCUT2D eigenvalue weighted by Gasteiger charge is -2.25. The van der Waals surface area contributed by atoms with Crippen LogP contribution in [-0.4, -0.2) is 31.2 Å². The Bertz CT molecular complexity index is 462. The molecule has 1 heterocycles. The Hall–Kier alpha value is -0.760. The number of nitrogens with zero attached hydrogens (tertiary/aromatic N) is 1. The van der Waals surface area contributed by atoms with E-state index in [1.165, 1.54) is 0 Å². The summed E-state index contributed by atoms with van der Waals surface area (Å²) in [5.41, 5.74) is -0.911. The molecule has 0 aliphatic carbocycles. The minimum Gasteiger partial charge on any atom is -0.463 e. The molecule has 0 saturated heterocycles. The van der Waals surface area contributed by atoms with Gasteiger partial charge in [0.1, 0.15) is 17.1 Å². The monoisotopic (exact) mass is 409 g/mol. The summed E-state index contributed by atoms with van der Waals surface area (Å²) in [4.78, 5) is 4.15. The molecular formula is C15H28IN3O2. The Balaban J connectivity index is 0.00000400. The Morgan fingerprint density at radius 1 is 1.19 bits per heavy atom. The largest absolute Gasteiger partial charge is 0.463 e. The van der Waals surface area contributed by atoms with E-state index in [-0.39, 0.29) is 29.4 Å². The molecule has 6 heteroatoms. The summed E-state index contributed by atoms with van der Waals surface area (Å²) in [5, 5.41) is 16.8. The molecule has 1 unspecified atom stereocenters. The molecule has 0 aliphatic heterocycles. The second-order valence-corrected chi connectivity index (χ2v) is 6.52. The van der Waals surface area contributed by atoms with Crippen LogP contribution in [0.4, 0.5) is 0 Å². The van der Waals surface area contributed by atoms with Crippen molar-refractivity contribution in [1.29, 1.82) is 0 Å². The topological polar surface area (TPSA) is 69.8 Å². The maximum Gasteiger partial charge on any atom is 0.191 e. The van der Waals surface area contributed by atoms with Crippen LogP contribution < -0.4 is 10.6 Å². The van der Waals surface area contributed by atoms with E-state index < -0.39 is 5.60 Å². The van der Waals surface area contributed by atoms with Gasteiger partial charge in [0.2, 0.25) is 0 Å². The Morgan fingerprint density at radius 3 is 2.19 bits per heavy atom. The van der Waals surface area contributed by atoms with Crippen molar-refractivity contribution >= 4 is 29.9 Å². The van der Waals surface area contributed by atoms with Gasteiger partial charge in [-0.3, -0.25) is 4.99 Å². The van der Waals surface area contributed by atoms with Crippen LogP contribution in [0.15, 0.2) is 21.5 Å². The first-order valence-electron chi connectivity index (χ1n) is 6.88. The van der Waals surface area contributed by atoms with Gasteiger partial charge in [0.05, 0.1) is 6.54 Å². The molecule has 0 fully saturated rings. The van der Waals surface area contributed by atoms with Gasteiger partial charge in [-0.05, 0) is 31.4 Å². The molecule has 21 heavy (non-hydrogen) atoms. The van der Waals surface area contributed by atoms with E-state index in [0.29, 0.717) is 18.3 Å². The third kappa shape index (κ3) is 7.17. The predicted octanol–water partition coefficient (Wildman–Crippen LogP) is 2.62. The van der Waals surface area contributed by atoms with Crippen molar-refractivity contribution < 1.29 is 9.52 Å². The van der Waals surface area contributed by atoms with Gasteiger partial charge in [0.15, 0.2) is 5.96 Å². The van der Waals surface area contributed by atoms with Crippen molar-refractivity contribution in [3.8, 4) is 0 Å². The lowest BCUT2D eigenvalue weighted by Crippen LogP contribution is -2.46. The van der Waals surface area contributed by atoms with Crippen molar-refractivity contribution in [1.82, 2.24) is 10.6 Å². The van der Waals surface area contributed by atoms with Gasteiger partial charge >= 0.3 is 0 Å². The number of guanidine groups is 1. The summed E-state index contributed by atoms with van der Waals surface area (Å²) in [6.45, 7) is 11.1. The van der Waals surface area contributed by atoms with E-state index in [2.05, 4.69) is 36.4 Å². The zero-order valence-electron chi connectivity index (χ0n) is 13.8. The number of aryl methyl sites for hydroxylation is 1. The van der Waals surface area contributed by atoms with Crippen molar-refractivity contribution in [2.45, 2.75) is 40.2 Å². The molecule has 1 aromatic rings. The molecule has 0 radical (unpaired) electrons. The van der Waals surface area contributed by atoms with Crippen LogP contribution in [0.5, 0.6) is 0 Å². The van der Waals surface area contributed by atoms with Gasteiger partial charge in [-0.25, -0.2) is 0 Å². The average Bonchev–Trinajstić information content (AvgIpc) is 2.75. The highest BCUT2D eigenvalue weighted by Crippen LogP contribution is 2.21. The SMILES string of the molecule is CN=C(NCC(C)(C)C)NCC(C)(O)c1ccc(C)o1.I. The first kappa shape index (κ1) is 20.2. The summed E-state index contributed by atoms with van der Waals surface area (Å²) in [6.07, 6.45) is 0. The van der Waals surface area contributed by atoms with Crippen molar-refractivity contribution in [2.24, 2.45) is 10.4 Å². The number of hydrogen-bond acceptors (Lipinski definition) is 3. The highest BCUT2D eigenvalue weighted by molar-refractivity contribution is 14.0. The molecule has 0 amide bonds. The molecule has 1 rings (SSSR count). The first-order chi connectivity index (χ1) is 9.14. The zero-order valence-corrected chi connectivity index (χ0v) is 16.1. The number of nitrogens with one attached hydrogen (secondary N) is 2. The number of aliphatic hydroxyl groups is 1. The van der Waals surface area contributed by atoms with Crippen LogP contribution in [0.1, 0.15) is 39.2 Å². The lowest BCUT2D eigenvalue weighted by atomic mass is 9.97. The summed E-state index contributed by atoms with van der Waals surface area (Å²) in [6, 6.07) is 3.64. The molecule has 0 bridgehead atoms. The summed E-state index contributed by atoms with van der Waals surface area (Å²) >= 11 is 0. The molecule has 0 saturated carbocycles. The molecule has 0 aromatic carbocycles. The average molecular weight is 409 g/mol. The van der Waals surface area contributed by atoms with Crippen molar-refractivity contribution in [2.75, 3.05) is 20.1 Å². The quantitative estimate of drug-likeness (QED) is 0.406. The molecule has 122 valence electrons. The molecule has 5 nitrogen and oxygen atoms in total. The number of furan rings is 1. The van der Waals surface area contributed by atoms with Gasteiger partial charge in [-0.2, -0.15) is 0 Å². The van der Waals surface area contributed by atoms with Gasteiger partial charge in [0.25, 0.3) is 0 Å². The van der Waals surface area contributed by atoms with E-state index in [0.717, 1.165) is 12.3 Å². The third-order valence-corrected chi connectivity index (χ3v) is 2.88. The third-order valence-electron chi connectivity index (χ3n) is 2.88. The van der Waals surface area contributed by atoms with Crippen LogP contribution in [0, 0.1) is 12.3 Å². The van der Waals surface area contributed by atoms with E-state index in [1.54, 1.807) is 20.0 Å². The molecule has 1 atom stereocenters. The van der Waals surface area contributed by atoms with Gasteiger partial charge < -0.3 is 20.2 Å². The lowest BCUT2D eigenvalue weighted by molar-refractivity contribution is 0.0377. The zero-order chi connectivity index (χ0) is 15.4. The molecule has 0 spiro atoms. The van der Waals surface area contributed by atoms with E-state index in [1.807, 2.05) is 13.0 Å². The second kappa shape index (κ2) is 8.03. The van der Waals surface area contributed by atoms with Gasteiger partial charge in [-0.15, -0.1) is 24.0 Å². The summed E-state index contributed by atoms with van der Waals surface area (Å²) in [5.74, 6) is 2.01. The Kier molecular flexibility index (Phi) is 7.74. The normalized spacial score (nSPS) is 15.1. The van der Waals surface area contributed by atoms with Gasteiger partial charge in [-0.1, -0.05) is 20.8 Å². The molecule has 0 aliphatic rings. The van der Waals surface area contributed by atoms with E-state index in [9.17, 15) is 5.11 Å². The van der Waals surface area contributed by atoms with Gasteiger partial charge in [0, 0.05) is 13.6 Å². The minimum absolute atomic E-state index is 0. The second-order valence-electron chi connectivity index (χ2n) is 6.52. The Morgan fingerprint density at radius 2 is 1.76 bits per heavy atom. The smallest absolute Gasteiger partial charge is 0.191 e. The summed E-state index contributed by atoms with van der Waals surface area (Å²) < 4.78 is 5.48. The van der Waals surface area contributed by atoms with Crippen LogP contribution in [0.25, 0.3) is 0 Å². The number of aliphatic imine (C=N–C) groups is 1. The molecule has 3 N–H and O–H groups in total. The molecule has 1 aromatic heterocycles. The predicted molar refractivity (Wildman–Crippen MR) is 97.3 cm³/mol. The van der Waals surface area contributed by atoms with Crippen molar-refractivity contribution in [3.05, 3.63) is 23.7 Å². The minimum atomic E-state index is -1.08.